The summed E-state index contributed by atoms with van der Waals surface area (Å²) in [4.78, 5) is 4.05. The van der Waals surface area contributed by atoms with Crippen LogP contribution in [0, 0.1) is 5.82 Å². The summed E-state index contributed by atoms with van der Waals surface area (Å²) >= 11 is 0. The molecule has 0 aliphatic carbocycles. The molecule has 0 radical (unpaired) electrons. The second-order valence-electron chi connectivity index (χ2n) is 3.99. The molecule has 88 valence electrons. The van der Waals surface area contributed by atoms with E-state index in [0.29, 0.717) is 11.5 Å². The van der Waals surface area contributed by atoms with Crippen molar-refractivity contribution in [1.29, 1.82) is 0 Å². The molecule has 6 heteroatoms. The lowest BCUT2D eigenvalue weighted by Gasteiger charge is -2.24. The highest BCUT2D eigenvalue weighted by Crippen LogP contribution is 2.29. The van der Waals surface area contributed by atoms with Crippen LogP contribution in [0.5, 0.6) is 0 Å². The Bertz CT molecular complexity index is 551. The van der Waals surface area contributed by atoms with Crippen LogP contribution in [0.15, 0.2) is 24.3 Å². The molecule has 5 nitrogen and oxygen atoms in total. The summed E-state index contributed by atoms with van der Waals surface area (Å²) in [6, 6.07) is 6.58. The van der Waals surface area contributed by atoms with Crippen molar-refractivity contribution in [2.45, 2.75) is 12.5 Å². The first kappa shape index (κ1) is 10.1. The second-order valence-corrected chi connectivity index (χ2v) is 3.99. The van der Waals surface area contributed by atoms with E-state index in [0.717, 1.165) is 13.0 Å². The van der Waals surface area contributed by atoms with Crippen LogP contribution in [-0.2, 0) is 0 Å². The Morgan fingerprint density at radius 2 is 2.24 bits per heavy atom. The fraction of sp³-hybridized carbons (Fsp3) is 0.273. The molecule has 1 aromatic carbocycles. The quantitative estimate of drug-likeness (QED) is 0.781. The zero-order chi connectivity index (χ0) is 11.8. The number of halogens is 1. The van der Waals surface area contributed by atoms with Crippen molar-refractivity contribution in [2.75, 3.05) is 17.6 Å². The van der Waals surface area contributed by atoms with Gasteiger partial charge in [-0.25, -0.2) is 9.07 Å². The van der Waals surface area contributed by atoms with Gasteiger partial charge >= 0.3 is 0 Å². The summed E-state index contributed by atoms with van der Waals surface area (Å²) in [5.74, 6) is 0.581. The second kappa shape index (κ2) is 3.73. The molecule has 3 N–H and O–H groups in total. The first-order chi connectivity index (χ1) is 8.25. The van der Waals surface area contributed by atoms with Gasteiger partial charge in [-0.15, -0.1) is 5.10 Å². The maximum absolute atomic E-state index is 13.8. The normalized spacial score (nSPS) is 18.5. The maximum atomic E-state index is 13.8. The van der Waals surface area contributed by atoms with Gasteiger partial charge in [-0.2, -0.15) is 4.98 Å². The molecule has 1 aliphatic heterocycles. The Morgan fingerprint density at radius 3 is 3.06 bits per heavy atom. The number of hydrogen-bond donors (Lipinski definition) is 2. The first-order valence-electron chi connectivity index (χ1n) is 5.46. The van der Waals surface area contributed by atoms with Gasteiger partial charge in [0, 0.05) is 12.1 Å². The fourth-order valence-electron chi connectivity index (χ4n) is 2.15. The van der Waals surface area contributed by atoms with Crippen molar-refractivity contribution in [3.63, 3.8) is 0 Å². The van der Waals surface area contributed by atoms with E-state index in [4.69, 9.17) is 5.73 Å². The number of hydrogen-bond acceptors (Lipinski definition) is 4. The topological polar surface area (TPSA) is 68.8 Å². The largest absolute Gasteiger partial charge is 0.366 e. The molecule has 0 amide bonds. The van der Waals surface area contributed by atoms with Gasteiger partial charge < -0.3 is 11.1 Å². The third-order valence-electron chi connectivity index (χ3n) is 2.91. The SMILES string of the molecule is Nc1nc2n(n1)C(c1ccccc1F)CCN2. The predicted octanol–water partition coefficient (Wildman–Crippen LogP) is 1.40. The van der Waals surface area contributed by atoms with Gasteiger partial charge in [-0.1, -0.05) is 18.2 Å². The van der Waals surface area contributed by atoms with Gasteiger partial charge in [-0.05, 0) is 12.5 Å². The zero-order valence-corrected chi connectivity index (χ0v) is 9.10. The smallest absolute Gasteiger partial charge is 0.241 e. The lowest BCUT2D eigenvalue weighted by molar-refractivity contribution is 0.458. The highest BCUT2D eigenvalue weighted by atomic mass is 19.1. The summed E-state index contributed by atoms with van der Waals surface area (Å²) in [5.41, 5.74) is 6.19. The Kier molecular flexibility index (Phi) is 2.21. The summed E-state index contributed by atoms with van der Waals surface area (Å²) in [6.07, 6.45) is 0.761. The summed E-state index contributed by atoms with van der Waals surface area (Å²) in [6.45, 7) is 0.733. The molecule has 3 rings (SSSR count). The van der Waals surface area contributed by atoms with Crippen LogP contribution in [0.4, 0.5) is 16.3 Å². The number of benzene rings is 1. The monoisotopic (exact) mass is 233 g/mol. The van der Waals surface area contributed by atoms with E-state index in [2.05, 4.69) is 15.4 Å². The first-order valence-corrected chi connectivity index (χ1v) is 5.46. The van der Waals surface area contributed by atoms with Crippen molar-refractivity contribution in [2.24, 2.45) is 0 Å². The average Bonchev–Trinajstić information content (AvgIpc) is 2.70. The maximum Gasteiger partial charge on any atom is 0.241 e. The van der Waals surface area contributed by atoms with Crippen LogP contribution >= 0.6 is 0 Å². The van der Waals surface area contributed by atoms with E-state index >= 15 is 0 Å². The summed E-state index contributed by atoms with van der Waals surface area (Å²) in [7, 11) is 0. The molecule has 1 atom stereocenters. The predicted molar refractivity (Wildman–Crippen MR) is 62.1 cm³/mol. The van der Waals surface area contributed by atoms with Crippen molar-refractivity contribution < 1.29 is 4.39 Å². The van der Waals surface area contributed by atoms with Crippen LogP contribution in [0.25, 0.3) is 0 Å². The molecule has 17 heavy (non-hydrogen) atoms. The number of nitrogen functional groups attached to an aromatic ring is 1. The number of anilines is 2. The van der Waals surface area contributed by atoms with Gasteiger partial charge in [0.15, 0.2) is 0 Å². The zero-order valence-electron chi connectivity index (χ0n) is 9.10. The Morgan fingerprint density at radius 1 is 1.41 bits per heavy atom. The van der Waals surface area contributed by atoms with Gasteiger partial charge in [0.25, 0.3) is 0 Å². The molecule has 1 aromatic heterocycles. The molecule has 0 spiro atoms. The highest BCUT2D eigenvalue weighted by Gasteiger charge is 2.25. The Labute approximate surface area is 97.5 Å². The molecule has 1 unspecified atom stereocenters. The van der Waals surface area contributed by atoms with Gasteiger partial charge in [-0.3, -0.25) is 0 Å². The van der Waals surface area contributed by atoms with E-state index in [1.165, 1.54) is 6.07 Å². The minimum Gasteiger partial charge on any atom is -0.366 e. The molecule has 2 heterocycles. The van der Waals surface area contributed by atoms with Crippen LogP contribution in [0.2, 0.25) is 0 Å². The van der Waals surface area contributed by atoms with Gasteiger partial charge in [0.2, 0.25) is 11.9 Å². The van der Waals surface area contributed by atoms with E-state index in [1.54, 1.807) is 16.8 Å². The molecule has 1 aliphatic rings. The number of rotatable bonds is 1. The van der Waals surface area contributed by atoms with Crippen LogP contribution in [0.3, 0.4) is 0 Å². The minimum absolute atomic E-state index is 0.141. The van der Waals surface area contributed by atoms with Crippen LogP contribution < -0.4 is 11.1 Å². The van der Waals surface area contributed by atoms with Crippen LogP contribution in [0.1, 0.15) is 18.0 Å². The Balaban J connectivity index is 2.09. The molecular formula is C11H12FN5. The number of nitrogens with two attached hydrogens (primary N) is 1. The number of nitrogens with one attached hydrogen (secondary N) is 1. The molecule has 0 fully saturated rings. The third-order valence-corrected chi connectivity index (χ3v) is 2.91. The van der Waals surface area contributed by atoms with E-state index < -0.39 is 0 Å². The number of nitrogens with zero attached hydrogens (tertiary/aromatic N) is 3. The van der Waals surface area contributed by atoms with Crippen LogP contribution in [-0.4, -0.2) is 21.3 Å². The Hall–Kier alpha value is -2.11. The highest BCUT2D eigenvalue weighted by molar-refractivity contribution is 5.37. The van der Waals surface area contributed by atoms with Crippen molar-refractivity contribution in [3.05, 3.63) is 35.6 Å². The van der Waals surface area contributed by atoms with Crippen molar-refractivity contribution in [3.8, 4) is 0 Å². The number of aromatic nitrogens is 3. The minimum atomic E-state index is -0.223. The molecule has 0 bridgehead atoms. The molecule has 0 saturated carbocycles. The molecular weight excluding hydrogens is 221 g/mol. The summed E-state index contributed by atoms with van der Waals surface area (Å²) < 4.78 is 15.4. The fourth-order valence-corrected chi connectivity index (χ4v) is 2.15. The summed E-state index contributed by atoms with van der Waals surface area (Å²) in [5, 5.41) is 7.19. The number of fused-ring (bicyclic) bond motifs is 1. The average molecular weight is 233 g/mol. The van der Waals surface area contributed by atoms with E-state index in [9.17, 15) is 4.39 Å². The van der Waals surface area contributed by atoms with Crippen molar-refractivity contribution >= 4 is 11.9 Å². The van der Waals surface area contributed by atoms with Gasteiger partial charge in [0.05, 0.1) is 6.04 Å². The lowest BCUT2D eigenvalue weighted by atomic mass is 10.0. The van der Waals surface area contributed by atoms with Gasteiger partial charge in [0.1, 0.15) is 5.82 Å². The standard InChI is InChI=1S/C11H12FN5/c12-8-4-2-1-3-7(8)9-5-6-14-11-15-10(13)16-17(9)11/h1-4,9H,5-6H2,(H3,13,14,15,16). The lowest BCUT2D eigenvalue weighted by Crippen LogP contribution is -2.25. The van der Waals surface area contributed by atoms with Crippen molar-refractivity contribution in [1.82, 2.24) is 14.8 Å². The third kappa shape index (κ3) is 1.61. The molecule has 0 saturated heterocycles. The van der Waals surface area contributed by atoms with E-state index in [-0.39, 0.29) is 17.8 Å². The van der Waals surface area contributed by atoms with E-state index in [1.807, 2.05) is 6.07 Å². The molecule has 2 aromatic rings.